The number of carbonyl (C=O) groups is 2. The van der Waals surface area contributed by atoms with Crippen LogP contribution in [0.2, 0.25) is 0 Å². The van der Waals surface area contributed by atoms with E-state index in [4.69, 9.17) is 0 Å². The first-order valence-electron chi connectivity index (χ1n) is 24.5. The number of allylic oxidation sites excluding steroid dienone is 7. The van der Waals surface area contributed by atoms with Crippen LogP contribution in [0.3, 0.4) is 0 Å². The zero-order valence-electron chi connectivity index (χ0n) is 39.8. The van der Waals surface area contributed by atoms with E-state index in [1.54, 1.807) is 0 Å². The SMILES string of the molecule is CCCCC(CC)CSC1=C(/C=C/C2=[N+](CCCCCC=O)c3ccc4ccccc4c3C2(C)C)CCC/C1=C\C=C(\NCCCCCC(=O)O)C(C)(C)c1cccc2ccccc12. The van der Waals surface area contributed by atoms with E-state index in [1.165, 1.54) is 91.5 Å². The summed E-state index contributed by atoms with van der Waals surface area (Å²) in [4.78, 5) is 23.8. The standard InChI is InChI=1S/C58H74N2O3S/c1-7-9-23-43(8-2)42-64-56-46(34-37-52(59-39-18-12-13-32-54(62)63)57(3,4)50-31-22-26-44-24-14-16-29-48(44)50)27-21-28-47(56)35-38-53-58(5,6)55-49-30-17-15-25-45(49)33-36-51(55)60(53)40-19-10-11-20-41-61/h14-17,22,24-26,29-31,33-38,41,43H,7-13,18-21,23,27-28,32,39-40,42H2,1-6H3,(H,62,63)/p+1. The number of benzene rings is 4. The summed E-state index contributed by atoms with van der Waals surface area (Å²) in [6, 6.07) is 28.8. The molecular formula is C58H75N2O3S+. The van der Waals surface area contributed by atoms with Crippen LogP contribution in [0.5, 0.6) is 0 Å². The number of carbonyl (C=O) groups excluding carboxylic acids is 1. The van der Waals surface area contributed by atoms with Gasteiger partial charge in [-0.1, -0.05) is 132 Å². The van der Waals surface area contributed by atoms with E-state index in [-0.39, 0.29) is 17.3 Å². The highest BCUT2D eigenvalue weighted by Crippen LogP contribution is 2.46. The van der Waals surface area contributed by atoms with Crippen LogP contribution in [0.1, 0.15) is 149 Å². The number of unbranched alkanes of at least 4 members (excludes halogenated alkanes) is 6. The molecule has 0 saturated heterocycles. The van der Waals surface area contributed by atoms with E-state index in [0.29, 0.717) is 18.8 Å². The Hall–Kier alpha value is -4.68. The minimum atomic E-state index is -0.722. The molecule has 64 heavy (non-hydrogen) atoms. The molecule has 1 atom stereocenters. The zero-order chi connectivity index (χ0) is 45.5. The number of rotatable bonds is 25. The lowest BCUT2D eigenvalue weighted by molar-refractivity contribution is -0.438. The van der Waals surface area contributed by atoms with Gasteiger partial charge in [-0.05, 0) is 122 Å². The van der Waals surface area contributed by atoms with Crippen molar-refractivity contribution in [3.05, 3.63) is 136 Å². The molecule has 1 aliphatic heterocycles. The number of fused-ring (bicyclic) bond motifs is 4. The second-order valence-corrected chi connectivity index (χ2v) is 20.2. The summed E-state index contributed by atoms with van der Waals surface area (Å²) >= 11 is 2.09. The fourth-order valence-corrected chi connectivity index (χ4v) is 11.5. The maximum atomic E-state index is 11.2. The quantitative estimate of drug-likeness (QED) is 0.0394. The summed E-state index contributed by atoms with van der Waals surface area (Å²) in [6.45, 7) is 15.9. The van der Waals surface area contributed by atoms with Crippen LogP contribution in [-0.2, 0) is 20.4 Å². The van der Waals surface area contributed by atoms with Gasteiger partial charge in [0.2, 0.25) is 5.69 Å². The smallest absolute Gasteiger partial charge is 0.303 e. The van der Waals surface area contributed by atoms with Gasteiger partial charge in [0.1, 0.15) is 12.8 Å². The van der Waals surface area contributed by atoms with Gasteiger partial charge in [0, 0.05) is 65.3 Å². The van der Waals surface area contributed by atoms with Crippen molar-refractivity contribution >= 4 is 57.0 Å². The van der Waals surface area contributed by atoms with Crippen LogP contribution < -0.4 is 5.32 Å². The lowest BCUT2D eigenvalue weighted by Crippen LogP contribution is -2.31. The highest BCUT2D eigenvalue weighted by molar-refractivity contribution is 8.03. The monoisotopic (exact) mass is 880 g/mol. The van der Waals surface area contributed by atoms with E-state index in [2.05, 4.69) is 166 Å². The van der Waals surface area contributed by atoms with Gasteiger partial charge in [-0.15, -0.1) is 11.8 Å². The number of nitrogens with one attached hydrogen (secondary N) is 1. The number of carboxylic acid groups (broad SMARTS) is 1. The van der Waals surface area contributed by atoms with E-state index in [1.807, 2.05) is 0 Å². The highest BCUT2D eigenvalue weighted by atomic mass is 32.2. The van der Waals surface area contributed by atoms with Gasteiger partial charge < -0.3 is 15.2 Å². The van der Waals surface area contributed by atoms with Crippen molar-refractivity contribution < 1.29 is 19.3 Å². The molecule has 1 heterocycles. The molecule has 2 N–H and O–H groups in total. The van der Waals surface area contributed by atoms with Gasteiger partial charge >= 0.3 is 5.97 Å². The summed E-state index contributed by atoms with van der Waals surface area (Å²) in [6.07, 6.45) is 25.4. The van der Waals surface area contributed by atoms with Gasteiger partial charge in [0.15, 0.2) is 5.71 Å². The predicted octanol–water partition coefficient (Wildman–Crippen LogP) is 15.1. The van der Waals surface area contributed by atoms with Crippen molar-refractivity contribution in [1.29, 1.82) is 0 Å². The normalized spacial score (nSPS) is 16.7. The van der Waals surface area contributed by atoms with Crippen LogP contribution >= 0.6 is 11.8 Å². The Balaban J connectivity index is 1.42. The molecule has 1 unspecified atom stereocenters. The van der Waals surface area contributed by atoms with Crippen molar-refractivity contribution in [2.75, 3.05) is 18.8 Å². The molecular weight excluding hydrogens is 805 g/mol. The van der Waals surface area contributed by atoms with Crippen molar-refractivity contribution in [2.24, 2.45) is 5.92 Å². The van der Waals surface area contributed by atoms with Crippen molar-refractivity contribution in [2.45, 2.75) is 149 Å². The molecule has 0 aromatic heterocycles. The summed E-state index contributed by atoms with van der Waals surface area (Å²) < 4.78 is 2.59. The number of aldehydes is 1. The predicted molar refractivity (Wildman–Crippen MR) is 274 cm³/mol. The van der Waals surface area contributed by atoms with Crippen LogP contribution in [0, 0.1) is 5.92 Å². The molecule has 6 rings (SSSR count). The number of thioether (sulfide) groups is 1. The molecule has 5 nitrogen and oxygen atoms in total. The summed E-state index contributed by atoms with van der Waals surface area (Å²) in [5, 5.41) is 18.3. The molecule has 0 spiro atoms. The molecule has 0 bridgehead atoms. The second-order valence-electron chi connectivity index (χ2n) is 19.2. The Kier molecular flexibility index (Phi) is 17.9. The molecule has 4 aromatic carbocycles. The molecule has 6 heteroatoms. The van der Waals surface area contributed by atoms with Crippen LogP contribution in [-0.4, -0.2) is 46.5 Å². The average Bonchev–Trinajstić information content (AvgIpc) is 3.52. The van der Waals surface area contributed by atoms with Crippen molar-refractivity contribution in [3.8, 4) is 0 Å². The van der Waals surface area contributed by atoms with E-state index < -0.39 is 5.97 Å². The largest absolute Gasteiger partial charge is 0.481 e. The molecule has 2 aliphatic rings. The van der Waals surface area contributed by atoms with Gasteiger partial charge in [-0.25, -0.2) is 0 Å². The Bertz CT molecular complexity index is 2390. The fraction of sp³-hybridized carbons (Fsp3) is 0.466. The first-order chi connectivity index (χ1) is 31.0. The molecule has 340 valence electrons. The average molecular weight is 880 g/mol. The Morgan fingerprint density at radius 2 is 1.59 bits per heavy atom. The number of carboxylic acids is 1. The van der Waals surface area contributed by atoms with Gasteiger partial charge in [0.25, 0.3) is 0 Å². The van der Waals surface area contributed by atoms with Crippen LogP contribution in [0.15, 0.2) is 125 Å². The Morgan fingerprint density at radius 3 is 2.34 bits per heavy atom. The third-order valence-electron chi connectivity index (χ3n) is 13.9. The number of hydrogen-bond donors (Lipinski definition) is 2. The third kappa shape index (κ3) is 12.0. The summed E-state index contributed by atoms with van der Waals surface area (Å²) in [5.41, 5.74) is 8.94. The third-order valence-corrected chi connectivity index (χ3v) is 15.3. The first-order valence-corrected chi connectivity index (χ1v) is 25.5. The Morgan fingerprint density at radius 1 is 0.859 bits per heavy atom. The topological polar surface area (TPSA) is 69.4 Å². The van der Waals surface area contributed by atoms with E-state index in [9.17, 15) is 14.7 Å². The molecule has 0 amide bonds. The van der Waals surface area contributed by atoms with E-state index in [0.717, 1.165) is 76.5 Å². The molecule has 0 fully saturated rings. The fourth-order valence-electron chi connectivity index (χ4n) is 10.0. The van der Waals surface area contributed by atoms with Gasteiger partial charge in [0.05, 0.1) is 5.41 Å². The summed E-state index contributed by atoms with van der Waals surface area (Å²) in [5.74, 6) is 1.09. The van der Waals surface area contributed by atoms with Crippen molar-refractivity contribution in [1.82, 2.24) is 5.32 Å². The molecule has 0 saturated carbocycles. The molecule has 1 aliphatic carbocycles. The van der Waals surface area contributed by atoms with Gasteiger partial charge in [-0.3, -0.25) is 4.79 Å². The minimum Gasteiger partial charge on any atom is -0.481 e. The summed E-state index contributed by atoms with van der Waals surface area (Å²) in [7, 11) is 0. The zero-order valence-corrected chi connectivity index (χ0v) is 40.6. The molecule has 0 radical (unpaired) electrons. The highest BCUT2D eigenvalue weighted by Gasteiger charge is 2.45. The van der Waals surface area contributed by atoms with E-state index >= 15 is 0 Å². The minimum absolute atomic E-state index is 0.186. The maximum Gasteiger partial charge on any atom is 0.303 e. The number of hydrogen-bond acceptors (Lipinski definition) is 4. The van der Waals surface area contributed by atoms with Crippen LogP contribution in [0.4, 0.5) is 5.69 Å². The van der Waals surface area contributed by atoms with Crippen molar-refractivity contribution in [3.63, 3.8) is 0 Å². The van der Waals surface area contributed by atoms with Gasteiger partial charge in [-0.2, -0.15) is 4.58 Å². The first kappa shape index (κ1) is 48.8. The Labute approximate surface area is 389 Å². The van der Waals surface area contributed by atoms with Crippen LogP contribution in [0.25, 0.3) is 21.5 Å². The number of aliphatic carboxylic acids is 1. The lowest BCUT2D eigenvalue weighted by atomic mass is 9.78. The number of nitrogens with zero attached hydrogens (tertiary/aromatic N) is 1. The molecule has 4 aromatic rings. The second kappa shape index (κ2) is 23.5. The lowest BCUT2D eigenvalue weighted by Gasteiger charge is -2.31. The maximum absolute atomic E-state index is 11.2.